The predicted octanol–water partition coefficient (Wildman–Crippen LogP) is 4.48. The van der Waals surface area contributed by atoms with Gasteiger partial charge in [-0.1, -0.05) is 46.3 Å². The van der Waals surface area contributed by atoms with Gasteiger partial charge in [0.2, 0.25) is 0 Å². The number of aliphatic hydroxyl groups is 1. The lowest BCUT2D eigenvalue weighted by molar-refractivity contribution is -0.260. The number of carbonyl (C=O) groups excluding carboxylic acids is 1. The number of Topliss-reactive ketones (excluding diaryl/α,β-unsaturated/α-hetero) is 1. The van der Waals surface area contributed by atoms with Crippen molar-refractivity contribution in [3.8, 4) is 0 Å². The normalized spacial score (nSPS) is 44.9. The first kappa shape index (κ1) is 21.2. The maximum absolute atomic E-state index is 13.8. The number of aliphatic hydroxyl groups excluding tert-OH is 1. The summed E-state index contributed by atoms with van der Waals surface area (Å²) in [6, 6.07) is 0. The second kappa shape index (κ2) is 6.01. The van der Waals surface area contributed by atoms with Crippen LogP contribution in [-0.2, 0) is 14.0 Å². The van der Waals surface area contributed by atoms with Gasteiger partial charge in [-0.3, -0.25) is 4.79 Å². The molecule has 5 heteroatoms. The number of methoxy groups -OCH3 is 1. The third-order valence-electron chi connectivity index (χ3n) is 8.75. The molecule has 3 aliphatic rings. The van der Waals surface area contributed by atoms with E-state index in [1.54, 1.807) is 7.11 Å². The van der Waals surface area contributed by atoms with Crippen LogP contribution in [0.1, 0.15) is 60.8 Å². The maximum atomic E-state index is 13.8. The predicted molar refractivity (Wildman–Crippen MR) is 110 cm³/mol. The highest BCUT2D eigenvalue weighted by Gasteiger charge is 2.74. The Morgan fingerprint density at radius 2 is 1.85 bits per heavy atom. The molecule has 0 saturated heterocycles. The molecule has 4 nitrogen and oxygen atoms in total. The molecule has 6 atom stereocenters. The van der Waals surface area contributed by atoms with Crippen molar-refractivity contribution in [2.24, 2.45) is 16.7 Å². The molecule has 27 heavy (non-hydrogen) atoms. The van der Waals surface area contributed by atoms with Crippen LogP contribution in [0.2, 0.25) is 18.1 Å². The summed E-state index contributed by atoms with van der Waals surface area (Å²) in [5.41, 5.74) is -0.863. The van der Waals surface area contributed by atoms with Crippen molar-refractivity contribution in [1.29, 1.82) is 0 Å². The molecular formula is C22H38O4Si. The van der Waals surface area contributed by atoms with E-state index >= 15 is 0 Å². The summed E-state index contributed by atoms with van der Waals surface area (Å²) in [6.07, 6.45) is 3.14. The number of hydrogen-bond acceptors (Lipinski definition) is 4. The van der Waals surface area contributed by atoms with E-state index in [0.717, 1.165) is 6.42 Å². The van der Waals surface area contributed by atoms with Crippen LogP contribution in [0.3, 0.4) is 0 Å². The number of ketones is 1. The van der Waals surface area contributed by atoms with Crippen LogP contribution in [0.5, 0.6) is 0 Å². The molecule has 154 valence electrons. The lowest BCUT2D eigenvalue weighted by atomic mass is 9.41. The molecule has 0 spiro atoms. The summed E-state index contributed by atoms with van der Waals surface area (Å²) in [5, 5.41) is 11.7. The van der Waals surface area contributed by atoms with Crippen LogP contribution in [0, 0.1) is 16.7 Å². The zero-order valence-electron chi connectivity index (χ0n) is 18.6. The highest BCUT2D eigenvalue weighted by molar-refractivity contribution is 6.74. The van der Waals surface area contributed by atoms with Crippen molar-refractivity contribution in [2.45, 2.75) is 96.7 Å². The van der Waals surface area contributed by atoms with Gasteiger partial charge in [0.15, 0.2) is 14.1 Å². The summed E-state index contributed by atoms with van der Waals surface area (Å²) < 4.78 is 12.8. The Morgan fingerprint density at radius 3 is 2.37 bits per heavy atom. The fraction of sp³-hybridized carbons (Fsp3) is 0.864. The second-order valence-corrected chi connectivity index (χ2v) is 15.9. The van der Waals surface area contributed by atoms with Crippen LogP contribution >= 0.6 is 0 Å². The molecule has 3 aliphatic carbocycles. The maximum Gasteiger partial charge on any atom is 0.193 e. The molecule has 1 N–H and O–H groups in total. The summed E-state index contributed by atoms with van der Waals surface area (Å²) in [5.74, 6) is 0.242. The smallest absolute Gasteiger partial charge is 0.193 e. The standard InChI is InChI=1S/C22H38O4Si/c1-14-10-11-22(26-27(8,9)19(2,3)4)16(23)13-20(5)17(25-7)12-15(14)21(22,6)18(20)24/h10,15,17-18,24H,11-13H2,1-9H3/t15-,17-,18+,20?,21?,22+/m0/s1. The monoisotopic (exact) mass is 394 g/mol. The Kier molecular flexibility index (Phi) is 4.72. The highest BCUT2D eigenvalue weighted by Crippen LogP contribution is 2.67. The van der Waals surface area contributed by atoms with Gasteiger partial charge in [0.05, 0.1) is 12.2 Å². The van der Waals surface area contributed by atoms with Gasteiger partial charge in [0.1, 0.15) is 5.60 Å². The van der Waals surface area contributed by atoms with E-state index in [2.05, 4.69) is 53.8 Å². The van der Waals surface area contributed by atoms with Gasteiger partial charge in [-0.15, -0.1) is 0 Å². The molecule has 2 fully saturated rings. The van der Waals surface area contributed by atoms with Gasteiger partial charge < -0.3 is 14.3 Å². The van der Waals surface area contributed by atoms with Crippen LogP contribution in [0.25, 0.3) is 0 Å². The Balaban J connectivity index is 2.20. The molecule has 3 rings (SSSR count). The molecule has 0 aliphatic heterocycles. The number of fused-ring (bicyclic) bond motifs is 1. The number of ether oxygens (including phenoxy) is 1. The Bertz CT molecular complexity index is 678. The van der Waals surface area contributed by atoms with Gasteiger partial charge in [0, 0.05) is 30.8 Å². The molecule has 2 saturated carbocycles. The van der Waals surface area contributed by atoms with E-state index in [9.17, 15) is 9.90 Å². The van der Waals surface area contributed by atoms with E-state index in [1.807, 2.05) is 6.92 Å². The van der Waals surface area contributed by atoms with E-state index in [4.69, 9.17) is 9.16 Å². The average molecular weight is 395 g/mol. The summed E-state index contributed by atoms with van der Waals surface area (Å²) in [7, 11) is -0.520. The second-order valence-electron chi connectivity index (χ2n) is 11.1. The summed E-state index contributed by atoms with van der Waals surface area (Å²) in [4.78, 5) is 13.8. The Hall–Kier alpha value is -0.493. The fourth-order valence-electron chi connectivity index (χ4n) is 5.88. The zero-order valence-corrected chi connectivity index (χ0v) is 19.6. The van der Waals surface area contributed by atoms with Crippen LogP contribution in [0.4, 0.5) is 0 Å². The largest absolute Gasteiger partial charge is 0.403 e. The molecule has 0 radical (unpaired) electrons. The lowest BCUT2D eigenvalue weighted by Crippen LogP contribution is -2.77. The molecule has 2 bridgehead atoms. The molecule has 0 heterocycles. The molecular weight excluding hydrogens is 356 g/mol. The third kappa shape index (κ3) is 2.54. The SMILES string of the molecule is CO[C@H]1C[C@H]2C(C)=CC[C@@]3(O[Si](C)(C)C(C)(C)C)C(=O)CC1(C)[C@@H](O)C23C. The van der Waals surface area contributed by atoms with Crippen molar-refractivity contribution in [3.05, 3.63) is 11.6 Å². The van der Waals surface area contributed by atoms with Crippen molar-refractivity contribution in [1.82, 2.24) is 0 Å². The zero-order chi connectivity index (χ0) is 20.6. The van der Waals surface area contributed by atoms with Gasteiger partial charge in [-0.2, -0.15) is 0 Å². The van der Waals surface area contributed by atoms with Gasteiger partial charge in [-0.25, -0.2) is 0 Å². The minimum atomic E-state index is -2.22. The molecule has 0 amide bonds. The van der Waals surface area contributed by atoms with Crippen LogP contribution in [-0.4, -0.2) is 44.1 Å². The van der Waals surface area contributed by atoms with Crippen LogP contribution in [0.15, 0.2) is 11.6 Å². The Labute approximate surface area is 165 Å². The van der Waals surface area contributed by atoms with Crippen molar-refractivity contribution in [2.75, 3.05) is 7.11 Å². The molecule has 0 aromatic heterocycles. The van der Waals surface area contributed by atoms with Gasteiger partial charge in [-0.05, 0) is 37.4 Å². The summed E-state index contributed by atoms with van der Waals surface area (Å²) in [6.45, 7) is 17.3. The quantitative estimate of drug-likeness (QED) is 0.566. The lowest BCUT2D eigenvalue weighted by Gasteiger charge is -2.69. The van der Waals surface area contributed by atoms with Gasteiger partial charge >= 0.3 is 0 Å². The first-order valence-electron chi connectivity index (χ1n) is 10.3. The minimum absolute atomic E-state index is 0.000469. The first-order valence-corrected chi connectivity index (χ1v) is 13.2. The molecule has 0 aromatic carbocycles. The van der Waals surface area contributed by atoms with E-state index in [0.29, 0.717) is 12.8 Å². The summed E-state index contributed by atoms with van der Waals surface area (Å²) >= 11 is 0. The third-order valence-corrected chi connectivity index (χ3v) is 13.2. The first-order chi connectivity index (χ1) is 12.2. The van der Waals surface area contributed by atoms with Gasteiger partial charge in [0.25, 0.3) is 0 Å². The fourth-order valence-corrected chi connectivity index (χ4v) is 7.48. The van der Waals surface area contributed by atoms with E-state index in [1.165, 1.54) is 5.57 Å². The van der Waals surface area contributed by atoms with Crippen LogP contribution < -0.4 is 0 Å². The number of hydrogen-bond donors (Lipinski definition) is 1. The van der Waals surface area contributed by atoms with E-state index in [-0.39, 0.29) is 22.8 Å². The van der Waals surface area contributed by atoms with Crippen molar-refractivity contribution >= 4 is 14.1 Å². The van der Waals surface area contributed by atoms with E-state index < -0.39 is 30.9 Å². The molecule has 0 aromatic rings. The topological polar surface area (TPSA) is 55.8 Å². The highest BCUT2D eigenvalue weighted by atomic mass is 28.4. The van der Waals surface area contributed by atoms with Crippen molar-refractivity contribution in [3.63, 3.8) is 0 Å². The molecule has 2 unspecified atom stereocenters. The van der Waals surface area contributed by atoms with Crippen molar-refractivity contribution < 1.29 is 19.1 Å². The number of rotatable bonds is 3. The number of carbonyl (C=O) groups is 1. The minimum Gasteiger partial charge on any atom is -0.403 e. The average Bonchev–Trinajstić information content (AvgIpc) is 2.53. The Morgan fingerprint density at radius 1 is 1.26 bits per heavy atom. The number of allylic oxidation sites excluding steroid dienone is 1.